The number of nitro groups is 1. The van der Waals surface area contributed by atoms with Crippen molar-refractivity contribution in [2.45, 2.75) is 32.8 Å². The van der Waals surface area contributed by atoms with Crippen LogP contribution in [0, 0.1) is 16.0 Å². The summed E-state index contributed by atoms with van der Waals surface area (Å²) < 4.78 is 5.49. The van der Waals surface area contributed by atoms with Gasteiger partial charge in [0.1, 0.15) is 6.20 Å². The van der Waals surface area contributed by atoms with Crippen LogP contribution in [0.3, 0.4) is 0 Å². The number of rotatable bonds is 7. The molecule has 0 amide bonds. The molecule has 2 rings (SSSR count). The number of nitrogens with one attached hydrogen (secondary N) is 2. The number of aromatic nitrogens is 2. The number of hydrogen-bond donors (Lipinski definition) is 2. The van der Waals surface area contributed by atoms with E-state index in [0.29, 0.717) is 18.4 Å². The Bertz CT molecular complexity index is 497. The van der Waals surface area contributed by atoms with Crippen LogP contribution in [0.15, 0.2) is 6.20 Å². The van der Waals surface area contributed by atoms with Crippen LogP contribution in [0.1, 0.15) is 26.7 Å². The van der Waals surface area contributed by atoms with Crippen LogP contribution in [-0.4, -0.2) is 40.7 Å². The molecular formula is C13H21N5O3. The fourth-order valence-electron chi connectivity index (χ4n) is 2.23. The minimum atomic E-state index is -0.472. The second kappa shape index (κ2) is 7.16. The summed E-state index contributed by atoms with van der Waals surface area (Å²) in [6.07, 6.45) is 3.28. The summed E-state index contributed by atoms with van der Waals surface area (Å²) in [6, 6.07) is 0. The molecule has 0 radical (unpaired) electrons. The van der Waals surface area contributed by atoms with Crippen molar-refractivity contribution in [3.8, 4) is 0 Å². The van der Waals surface area contributed by atoms with Crippen LogP contribution >= 0.6 is 0 Å². The molecule has 1 aromatic rings. The highest BCUT2D eigenvalue weighted by Gasteiger charge is 2.25. The van der Waals surface area contributed by atoms with Gasteiger partial charge in [0.05, 0.1) is 11.0 Å². The van der Waals surface area contributed by atoms with E-state index >= 15 is 0 Å². The Morgan fingerprint density at radius 2 is 2.33 bits per heavy atom. The summed E-state index contributed by atoms with van der Waals surface area (Å²) >= 11 is 0. The zero-order chi connectivity index (χ0) is 15.2. The third-order valence-corrected chi connectivity index (χ3v) is 3.56. The molecule has 1 saturated heterocycles. The highest BCUT2D eigenvalue weighted by molar-refractivity contribution is 5.56. The highest BCUT2D eigenvalue weighted by Crippen LogP contribution is 2.25. The summed E-state index contributed by atoms with van der Waals surface area (Å²) in [4.78, 5) is 18.7. The molecule has 116 valence electrons. The average molecular weight is 295 g/mol. The van der Waals surface area contributed by atoms with Crippen molar-refractivity contribution in [3.63, 3.8) is 0 Å². The van der Waals surface area contributed by atoms with Gasteiger partial charge in [-0.15, -0.1) is 0 Å². The predicted molar refractivity (Wildman–Crippen MR) is 79.5 cm³/mol. The zero-order valence-electron chi connectivity index (χ0n) is 12.3. The zero-order valence-corrected chi connectivity index (χ0v) is 12.3. The van der Waals surface area contributed by atoms with E-state index in [-0.39, 0.29) is 17.6 Å². The Hall–Kier alpha value is -1.96. The first-order valence-electron chi connectivity index (χ1n) is 7.22. The third-order valence-electron chi connectivity index (χ3n) is 3.56. The van der Waals surface area contributed by atoms with Crippen LogP contribution in [-0.2, 0) is 4.74 Å². The largest absolute Gasteiger partial charge is 0.378 e. The summed E-state index contributed by atoms with van der Waals surface area (Å²) in [5.41, 5.74) is -0.108. The van der Waals surface area contributed by atoms with Crippen LogP contribution in [0.25, 0.3) is 0 Å². The summed E-state index contributed by atoms with van der Waals surface area (Å²) in [7, 11) is 0. The second-order valence-electron chi connectivity index (χ2n) is 5.12. The SMILES string of the molecule is CCCNc1ncc([N+](=O)[O-])c(NCC2CCOC2C)n1. The number of nitrogens with zero attached hydrogens (tertiary/aromatic N) is 3. The molecule has 1 aromatic heterocycles. The Labute approximate surface area is 123 Å². The van der Waals surface area contributed by atoms with Crippen LogP contribution in [0.5, 0.6) is 0 Å². The molecule has 0 saturated carbocycles. The lowest BCUT2D eigenvalue weighted by Gasteiger charge is -2.15. The molecule has 2 N–H and O–H groups in total. The van der Waals surface area contributed by atoms with E-state index in [0.717, 1.165) is 26.0 Å². The first kappa shape index (κ1) is 15.4. The lowest BCUT2D eigenvalue weighted by Crippen LogP contribution is -2.22. The molecule has 0 spiro atoms. The van der Waals surface area contributed by atoms with Gasteiger partial charge in [-0.2, -0.15) is 4.98 Å². The summed E-state index contributed by atoms with van der Waals surface area (Å²) in [5.74, 6) is 1.000. The maximum atomic E-state index is 11.0. The van der Waals surface area contributed by atoms with Gasteiger partial charge in [-0.25, -0.2) is 4.98 Å². The van der Waals surface area contributed by atoms with Gasteiger partial charge < -0.3 is 15.4 Å². The van der Waals surface area contributed by atoms with Crippen LogP contribution < -0.4 is 10.6 Å². The van der Waals surface area contributed by atoms with Gasteiger partial charge in [-0.3, -0.25) is 10.1 Å². The molecule has 2 unspecified atom stereocenters. The molecule has 8 nitrogen and oxygen atoms in total. The Morgan fingerprint density at radius 1 is 1.52 bits per heavy atom. The minimum Gasteiger partial charge on any atom is -0.378 e. The van der Waals surface area contributed by atoms with Crippen molar-refractivity contribution in [2.24, 2.45) is 5.92 Å². The topological polar surface area (TPSA) is 102 Å². The van der Waals surface area contributed by atoms with Gasteiger partial charge in [-0.1, -0.05) is 6.92 Å². The van der Waals surface area contributed by atoms with Crippen molar-refractivity contribution >= 4 is 17.5 Å². The molecule has 8 heteroatoms. The maximum absolute atomic E-state index is 11.0. The van der Waals surface area contributed by atoms with E-state index in [2.05, 4.69) is 20.6 Å². The quantitative estimate of drug-likeness (QED) is 0.586. The minimum absolute atomic E-state index is 0.108. The van der Waals surface area contributed by atoms with Crippen LogP contribution in [0.4, 0.5) is 17.5 Å². The molecule has 2 heterocycles. The van der Waals surface area contributed by atoms with Gasteiger partial charge in [-0.05, 0) is 19.8 Å². The van der Waals surface area contributed by atoms with E-state index in [1.165, 1.54) is 6.20 Å². The lowest BCUT2D eigenvalue weighted by atomic mass is 10.0. The molecule has 0 aliphatic carbocycles. The van der Waals surface area contributed by atoms with E-state index in [9.17, 15) is 10.1 Å². The van der Waals surface area contributed by atoms with Gasteiger partial charge in [0.25, 0.3) is 0 Å². The fraction of sp³-hybridized carbons (Fsp3) is 0.692. The van der Waals surface area contributed by atoms with Crippen molar-refractivity contribution < 1.29 is 9.66 Å². The Kier molecular flexibility index (Phi) is 5.26. The molecule has 1 aliphatic heterocycles. The monoisotopic (exact) mass is 295 g/mol. The fourth-order valence-corrected chi connectivity index (χ4v) is 2.23. The standard InChI is InChI=1S/C13H21N5O3/c1-3-5-14-13-16-8-11(18(19)20)12(17-13)15-7-10-4-6-21-9(10)2/h8-10H,3-7H2,1-2H3,(H2,14,15,16,17). The van der Waals surface area contributed by atoms with Gasteiger partial charge in [0, 0.05) is 25.6 Å². The van der Waals surface area contributed by atoms with Crippen LogP contribution in [0.2, 0.25) is 0 Å². The number of anilines is 2. The molecule has 0 bridgehead atoms. The predicted octanol–water partition coefficient (Wildman–Crippen LogP) is 2.04. The molecule has 0 aromatic carbocycles. The first-order valence-corrected chi connectivity index (χ1v) is 7.22. The summed E-state index contributed by atoms with van der Waals surface area (Å²) in [6.45, 7) is 6.11. The van der Waals surface area contributed by atoms with E-state index in [1.807, 2.05) is 13.8 Å². The summed E-state index contributed by atoms with van der Waals surface area (Å²) in [5, 5.41) is 17.1. The van der Waals surface area contributed by atoms with Crippen molar-refractivity contribution in [2.75, 3.05) is 30.3 Å². The first-order chi connectivity index (χ1) is 10.1. The Balaban J connectivity index is 2.08. The Morgan fingerprint density at radius 3 is 2.95 bits per heavy atom. The van der Waals surface area contributed by atoms with Gasteiger partial charge >= 0.3 is 5.69 Å². The van der Waals surface area contributed by atoms with E-state index in [1.54, 1.807) is 0 Å². The molecule has 1 fully saturated rings. The molecule has 2 atom stereocenters. The van der Waals surface area contributed by atoms with Crippen molar-refractivity contribution in [3.05, 3.63) is 16.3 Å². The normalized spacial score (nSPS) is 21.2. The molecule has 21 heavy (non-hydrogen) atoms. The lowest BCUT2D eigenvalue weighted by molar-refractivity contribution is -0.384. The van der Waals surface area contributed by atoms with E-state index < -0.39 is 4.92 Å². The smallest absolute Gasteiger partial charge is 0.329 e. The third kappa shape index (κ3) is 4.01. The number of hydrogen-bond acceptors (Lipinski definition) is 7. The maximum Gasteiger partial charge on any atom is 0.329 e. The molecular weight excluding hydrogens is 274 g/mol. The highest BCUT2D eigenvalue weighted by atomic mass is 16.6. The van der Waals surface area contributed by atoms with Crippen molar-refractivity contribution in [1.29, 1.82) is 0 Å². The van der Waals surface area contributed by atoms with Crippen molar-refractivity contribution in [1.82, 2.24) is 9.97 Å². The molecule has 1 aliphatic rings. The number of ether oxygens (including phenoxy) is 1. The van der Waals surface area contributed by atoms with Gasteiger partial charge in [0.2, 0.25) is 11.8 Å². The van der Waals surface area contributed by atoms with E-state index in [4.69, 9.17) is 4.74 Å². The average Bonchev–Trinajstić information content (AvgIpc) is 2.88. The second-order valence-corrected chi connectivity index (χ2v) is 5.12. The van der Waals surface area contributed by atoms with Gasteiger partial charge in [0.15, 0.2) is 0 Å².